The van der Waals surface area contributed by atoms with Gasteiger partial charge in [-0.3, -0.25) is 14.2 Å². The Morgan fingerprint density at radius 3 is 2.43 bits per heavy atom. The second-order valence-corrected chi connectivity index (χ2v) is 9.18. The Balaban J connectivity index is 0.00000127. The molecule has 10 heteroatoms. The maximum atomic E-state index is 13.1. The second-order valence-electron chi connectivity index (χ2n) is 9.18. The minimum Gasteiger partial charge on any atom is -0.501 e. The van der Waals surface area contributed by atoms with Gasteiger partial charge in [-0.2, -0.15) is 0 Å². The van der Waals surface area contributed by atoms with Gasteiger partial charge in [-0.05, 0) is 44.6 Å². The molecule has 0 aliphatic carbocycles. The van der Waals surface area contributed by atoms with E-state index in [1.165, 1.54) is 23.6 Å². The van der Waals surface area contributed by atoms with Crippen LogP contribution < -0.4 is 10.9 Å². The SMILES string of the molecule is CC.CC(C)CN(C)C1Cc2nc(C(=O)NCc3ccc(F)cc3)c(O)c(=O)n2CCN(C)C1.CC=O. The van der Waals surface area contributed by atoms with Gasteiger partial charge in [-0.15, -0.1) is 0 Å². The van der Waals surface area contributed by atoms with Gasteiger partial charge in [0.2, 0.25) is 5.75 Å². The molecule has 2 aromatic rings. The molecule has 1 aromatic heterocycles. The summed E-state index contributed by atoms with van der Waals surface area (Å²) in [5.41, 5.74) is -0.189. The van der Waals surface area contributed by atoms with E-state index in [0.717, 1.165) is 19.4 Å². The molecule has 1 aliphatic heterocycles. The number of fused-ring (bicyclic) bond motifs is 1. The van der Waals surface area contributed by atoms with Gasteiger partial charge in [0.05, 0.1) is 0 Å². The first-order valence-electron chi connectivity index (χ1n) is 12.7. The van der Waals surface area contributed by atoms with Gasteiger partial charge in [0, 0.05) is 45.2 Å². The van der Waals surface area contributed by atoms with Gasteiger partial charge in [0.15, 0.2) is 5.69 Å². The van der Waals surface area contributed by atoms with E-state index in [1.807, 2.05) is 20.9 Å². The Kier molecular flexibility index (Phi) is 13.7. The molecule has 0 saturated carbocycles. The van der Waals surface area contributed by atoms with Crippen molar-refractivity contribution in [3.63, 3.8) is 0 Å². The van der Waals surface area contributed by atoms with E-state index in [9.17, 15) is 19.1 Å². The Labute approximate surface area is 219 Å². The van der Waals surface area contributed by atoms with Gasteiger partial charge in [-0.1, -0.05) is 39.8 Å². The second kappa shape index (κ2) is 15.9. The highest BCUT2D eigenvalue weighted by atomic mass is 19.1. The predicted molar refractivity (Wildman–Crippen MR) is 143 cm³/mol. The van der Waals surface area contributed by atoms with Crippen LogP contribution in [0.5, 0.6) is 5.75 Å². The van der Waals surface area contributed by atoms with Gasteiger partial charge in [-0.25, -0.2) is 9.37 Å². The molecule has 1 atom stereocenters. The Morgan fingerprint density at radius 2 is 1.86 bits per heavy atom. The highest BCUT2D eigenvalue weighted by Crippen LogP contribution is 2.16. The van der Waals surface area contributed by atoms with Crippen LogP contribution in [-0.4, -0.2) is 76.4 Å². The van der Waals surface area contributed by atoms with Crippen molar-refractivity contribution in [1.82, 2.24) is 24.7 Å². The first-order valence-corrected chi connectivity index (χ1v) is 12.7. The van der Waals surface area contributed by atoms with Crippen LogP contribution in [-0.2, 0) is 24.3 Å². The average molecular weight is 520 g/mol. The molecular weight excluding hydrogens is 477 g/mol. The third kappa shape index (κ3) is 9.70. The summed E-state index contributed by atoms with van der Waals surface area (Å²) in [5.74, 6) is -0.678. The van der Waals surface area contributed by atoms with E-state index in [2.05, 4.69) is 41.0 Å². The summed E-state index contributed by atoms with van der Waals surface area (Å²) >= 11 is 0. The number of aromatic nitrogens is 2. The zero-order valence-corrected chi connectivity index (χ0v) is 23.1. The third-order valence-electron chi connectivity index (χ3n) is 5.73. The summed E-state index contributed by atoms with van der Waals surface area (Å²) in [7, 11) is 4.07. The number of hydrogen-bond donors (Lipinski definition) is 2. The lowest BCUT2D eigenvalue weighted by molar-refractivity contribution is -0.106. The molecule has 2 N–H and O–H groups in total. The summed E-state index contributed by atoms with van der Waals surface area (Å²) in [6, 6.07) is 5.84. The third-order valence-corrected chi connectivity index (χ3v) is 5.73. The summed E-state index contributed by atoms with van der Waals surface area (Å²) in [6.07, 6.45) is 1.24. The van der Waals surface area contributed by atoms with Crippen molar-refractivity contribution in [2.24, 2.45) is 5.92 Å². The molecule has 0 radical (unpaired) electrons. The van der Waals surface area contributed by atoms with Crippen molar-refractivity contribution >= 4 is 12.2 Å². The van der Waals surface area contributed by atoms with Crippen LogP contribution in [0.2, 0.25) is 0 Å². The van der Waals surface area contributed by atoms with Crippen molar-refractivity contribution in [3.8, 4) is 5.75 Å². The van der Waals surface area contributed by atoms with Crippen LogP contribution in [0.4, 0.5) is 4.39 Å². The average Bonchev–Trinajstić information content (AvgIpc) is 2.85. The maximum absolute atomic E-state index is 13.1. The van der Waals surface area contributed by atoms with Crippen molar-refractivity contribution in [3.05, 3.63) is 57.5 Å². The molecule has 0 fully saturated rings. The monoisotopic (exact) mass is 519 g/mol. The fourth-order valence-electron chi connectivity index (χ4n) is 4.02. The molecule has 2 heterocycles. The van der Waals surface area contributed by atoms with E-state index >= 15 is 0 Å². The number of rotatable bonds is 6. The highest BCUT2D eigenvalue weighted by Gasteiger charge is 2.27. The number of hydrogen-bond acceptors (Lipinski definition) is 7. The number of benzene rings is 1. The molecule has 37 heavy (non-hydrogen) atoms. The molecule has 0 bridgehead atoms. The Bertz CT molecular complexity index is 1060. The largest absolute Gasteiger partial charge is 0.501 e. The van der Waals surface area contributed by atoms with Crippen LogP contribution in [0.25, 0.3) is 0 Å². The van der Waals surface area contributed by atoms with Crippen LogP contribution in [0, 0.1) is 11.7 Å². The number of carbonyl (C=O) groups excluding carboxylic acids is 2. The normalized spacial score (nSPS) is 15.4. The van der Waals surface area contributed by atoms with Crippen molar-refractivity contribution in [2.75, 3.05) is 33.7 Å². The molecule has 1 aliphatic rings. The van der Waals surface area contributed by atoms with E-state index in [-0.39, 0.29) is 24.1 Å². The van der Waals surface area contributed by atoms with E-state index in [0.29, 0.717) is 36.8 Å². The number of nitrogens with zero attached hydrogens (tertiary/aromatic N) is 4. The summed E-state index contributed by atoms with van der Waals surface area (Å²) in [6.45, 7) is 12.6. The highest BCUT2D eigenvalue weighted by molar-refractivity contribution is 5.94. The number of aldehydes is 1. The van der Waals surface area contributed by atoms with Gasteiger partial charge < -0.3 is 25.0 Å². The smallest absolute Gasteiger partial charge is 0.296 e. The quantitative estimate of drug-likeness (QED) is 0.565. The minimum atomic E-state index is -0.652. The summed E-state index contributed by atoms with van der Waals surface area (Å²) in [4.78, 5) is 43.3. The summed E-state index contributed by atoms with van der Waals surface area (Å²) in [5, 5.41) is 13.1. The molecular formula is C27H42FN5O4. The zero-order valence-electron chi connectivity index (χ0n) is 23.1. The lowest BCUT2D eigenvalue weighted by Gasteiger charge is -2.35. The van der Waals surface area contributed by atoms with E-state index < -0.39 is 17.2 Å². The van der Waals surface area contributed by atoms with Crippen molar-refractivity contribution in [1.29, 1.82) is 0 Å². The zero-order chi connectivity index (χ0) is 28.1. The van der Waals surface area contributed by atoms with Crippen LogP contribution in [0.3, 0.4) is 0 Å². The van der Waals surface area contributed by atoms with E-state index in [1.54, 1.807) is 12.1 Å². The Hall–Kier alpha value is -3.11. The minimum absolute atomic E-state index is 0.112. The number of nitrogens with one attached hydrogen (secondary N) is 1. The standard InChI is InChI=1S/C23H32FN5O3.C2H4O.C2H6/c1-15(2)13-28(4)18-11-19-26-20(21(30)23(32)29(19)10-9-27(3)14-18)22(31)25-12-16-5-7-17(24)8-6-16;1-2-3;1-2/h5-8,15,18,30H,9-14H2,1-4H3,(H,25,31);2H,1H3;1-2H3. The fraction of sp³-hybridized carbons (Fsp3) is 0.556. The molecule has 1 aromatic carbocycles. The van der Waals surface area contributed by atoms with Crippen LogP contribution >= 0.6 is 0 Å². The molecule has 9 nitrogen and oxygen atoms in total. The number of amides is 1. The Morgan fingerprint density at radius 1 is 1.27 bits per heavy atom. The number of carbonyl (C=O) groups is 2. The summed E-state index contributed by atoms with van der Waals surface area (Å²) < 4.78 is 14.5. The number of halogens is 1. The molecule has 1 amide bonds. The van der Waals surface area contributed by atoms with E-state index in [4.69, 9.17) is 4.79 Å². The van der Waals surface area contributed by atoms with Gasteiger partial charge in [0.1, 0.15) is 17.9 Å². The van der Waals surface area contributed by atoms with Crippen molar-refractivity contribution < 1.29 is 19.1 Å². The lowest BCUT2D eigenvalue weighted by Crippen LogP contribution is -2.48. The topological polar surface area (TPSA) is 108 Å². The first kappa shape index (κ1) is 31.9. The first-order chi connectivity index (χ1) is 17.6. The maximum Gasteiger partial charge on any atom is 0.296 e. The molecule has 3 rings (SSSR count). The van der Waals surface area contributed by atoms with Gasteiger partial charge in [0.25, 0.3) is 11.5 Å². The van der Waals surface area contributed by atoms with Crippen molar-refractivity contribution in [2.45, 2.75) is 60.2 Å². The van der Waals surface area contributed by atoms with Crippen LogP contribution in [0.15, 0.2) is 29.1 Å². The lowest BCUT2D eigenvalue weighted by atomic mass is 10.1. The number of likely N-dealkylation sites (N-methyl/N-ethyl adjacent to an activating group) is 2. The molecule has 0 saturated heterocycles. The molecule has 206 valence electrons. The number of aromatic hydroxyl groups is 1. The van der Waals surface area contributed by atoms with Gasteiger partial charge >= 0.3 is 0 Å². The van der Waals surface area contributed by atoms with Crippen LogP contribution in [0.1, 0.15) is 56.5 Å². The fourth-order valence-corrected chi connectivity index (χ4v) is 4.02. The molecule has 0 spiro atoms. The molecule has 1 unspecified atom stereocenters. The predicted octanol–water partition coefficient (Wildman–Crippen LogP) is 2.69.